The molecule has 0 saturated heterocycles. The van der Waals surface area contributed by atoms with Crippen molar-refractivity contribution in [3.05, 3.63) is 74.6 Å². The summed E-state index contributed by atoms with van der Waals surface area (Å²) < 4.78 is 36.3. The van der Waals surface area contributed by atoms with Gasteiger partial charge in [0.1, 0.15) is 12.2 Å². The number of nitrogens with zero attached hydrogens (tertiary/aromatic N) is 1. The van der Waals surface area contributed by atoms with Crippen LogP contribution in [0.4, 0.5) is 5.69 Å². The lowest BCUT2D eigenvalue weighted by molar-refractivity contribution is 0.0473. The van der Waals surface area contributed by atoms with E-state index in [2.05, 4.69) is 0 Å². The monoisotopic (exact) mass is 441 g/mol. The lowest BCUT2D eigenvalue weighted by atomic mass is 10.0. The third kappa shape index (κ3) is 3.95. The summed E-state index contributed by atoms with van der Waals surface area (Å²) >= 11 is 0. The summed E-state index contributed by atoms with van der Waals surface area (Å²) in [5, 5.41) is 0.724. The van der Waals surface area contributed by atoms with Crippen molar-refractivity contribution in [3.63, 3.8) is 0 Å². The van der Waals surface area contributed by atoms with Gasteiger partial charge in [-0.05, 0) is 74.2 Å². The summed E-state index contributed by atoms with van der Waals surface area (Å²) in [6, 6.07) is 9.69. The fourth-order valence-electron chi connectivity index (χ4n) is 4.06. The molecular formula is C23H23NO6S. The van der Waals surface area contributed by atoms with E-state index in [1.165, 1.54) is 16.6 Å². The fraction of sp³-hybridized carbons (Fsp3) is 0.304. The van der Waals surface area contributed by atoms with Gasteiger partial charge in [-0.15, -0.1) is 0 Å². The summed E-state index contributed by atoms with van der Waals surface area (Å²) in [6.45, 7) is 5.64. The van der Waals surface area contributed by atoms with Crippen LogP contribution < -0.4 is 9.93 Å². The van der Waals surface area contributed by atoms with Crippen LogP contribution in [0.15, 0.2) is 45.6 Å². The number of benzene rings is 2. The molecule has 4 rings (SSSR count). The van der Waals surface area contributed by atoms with Crippen molar-refractivity contribution in [2.75, 3.05) is 10.6 Å². The van der Waals surface area contributed by atoms with Crippen molar-refractivity contribution in [2.24, 2.45) is 0 Å². The molecule has 0 N–H and O–H groups in total. The lowest BCUT2D eigenvalue weighted by Gasteiger charge is -2.21. The predicted octanol–water partition coefficient (Wildman–Crippen LogP) is 3.48. The molecule has 0 spiro atoms. The van der Waals surface area contributed by atoms with Crippen LogP contribution >= 0.6 is 0 Å². The van der Waals surface area contributed by atoms with Gasteiger partial charge in [0.2, 0.25) is 10.0 Å². The second-order valence-electron chi connectivity index (χ2n) is 8.05. The Morgan fingerprint density at radius 2 is 1.87 bits per heavy atom. The van der Waals surface area contributed by atoms with Crippen molar-refractivity contribution < 1.29 is 22.4 Å². The Hall–Kier alpha value is -3.13. The van der Waals surface area contributed by atoms with E-state index in [0.717, 1.165) is 22.1 Å². The van der Waals surface area contributed by atoms with Gasteiger partial charge >= 0.3 is 11.6 Å². The Balaban J connectivity index is 1.59. The van der Waals surface area contributed by atoms with Crippen LogP contribution in [0.1, 0.15) is 39.5 Å². The highest BCUT2D eigenvalue weighted by Crippen LogP contribution is 2.35. The molecule has 3 aromatic rings. The largest absolute Gasteiger partial charge is 0.457 e. The minimum atomic E-state index is -3.40. The maximum absolute atomic E-state index is 12.7. The van der Waals surface area contributed by atoms with Gasteiger partial charge in [-0.2, -0.15) is 0 Å². The van der Waals surface area contributed by atoms with E-state index in [1.807, 2.05) is 26.8 Å². The minimum absolute atomic E-state index is 0.0770. The zero-order valence-electron chi connectivity index (χ0n) is 17.8. The maximum atomic E-state index is 12.7. The van der Waals surface area contributed by atoms with E-state index >= 15 is 0 Å². The van der Waals surface area contributed by atoms with E-state index in [0.29, 0.717) is 28.8 Å². The van der Waals surface area contributed by atoms with Crippen LogP contribution in [0.3, 0.4) is 0 Å². The normalized spacial score (nSPS) is 15.9. The number of carbonyl (C=O) groups excluding carboxylic acids is 1. The number of esters is 1. The molecule has 31 heavy (non-hydrogen) atoms. The number of sulfonamides is 1. The molecule has 8 heteroatoms. The Labute approximate surface area is 180 Å². The number of aryl methyl sites for hydroxylation is 2. The van der Waals surface area contributed by atoms with Gasteiger partial charge in [0.05, 0.1) is 17.5 Å². The summed E-state index contributed by atoms with van der Waals surface area (Å²) in [4.78, 5) is 24.6. The average molecular weight is 442 g/mol. The summed E-state index contributed by atoms with van der Waals surface area (Å²) in [6.07, 6.45) is 1.69. The van der Waals surface area contributed by atoms with Crippen LogP contribution in [-0.2, 0) is 27.8 Å². The quantitative estimate of drug-likeness (QED) is 0.455. The molecule has 1 aliphatic heterocycles. The zero-order chi connectivity index (χ0) is 22.5. The minimum Gasteiger partial charge on any atom is -0.457 e. The molecule has 2 heterocycles. The van der Waals surface area contributed by atoms with Crippen LogP contribution in [0, 0.1) is 13.8 Å². The number of ether oxygens (including phenoxy) is 1. The van der Waals surface area contributed by atoms with E-state index < -0.39 is 21.6 Å². The fourth-order valence-corrected chi connectivity index (χ4v) is 5.33. The summed E-state index contributed by atoms with van der Waals surface area (Å²) in [7, 11) is -3.40. The molecule has 0 bridgehead atoms. The van der Waals surface area contributed by atoms with Crippen molar-refractivity contribution >= 4 is 32.6 Å². The van der Waals surface area contributed by atoms with Crippen molar-refractivity contribution in [1.82, 2.24) is 0 Å². The third-order valence-electron chi connectivity index (χ3n) is 5.63. The number of hydrogen-bond acceptors (Lipinski definition) is 6. The van der Waals surface area contributed by atoms with Crippen LogP contribution in [-0.4, -0.2) is 26.7 Å². The number of anilines is 1. The zero-order valence-corrected chi connectivity index (χ0v) is 18.6. The smallest absolute Gasteiger partial charge is 0.338 e. The van der Waals surface area contributed by atoms with E-state index in [9.17, 15) is 18.0 Å². The molecule has 1 aliphatic rings. The lowest BCUT2D eigenvalue weighted by Crippen LogP contribution is -2.34. The van der Waals surface area contributed by atoms with Gasteiger partial charge in [-0.25, -0.2) is 18.0 Å². The number of rotatable bonds is 4. The van der Waals surface area contributed by atoms with Gasteiger partial charge in [-0.1, -0.05) is 0 Å². The highest BCUT2D eigenvalue weighted by molar-refractivity contribution is 7.92. The SMILES string of the molecule is Cc1cc2oc(=O)cc(COC(=O)c3ccc4c(c3)CC(C)N4S(C)(=O)=O)c2cc1C. The third-order valence-corrected chi connectivity index (χ3v) is 6.90. The van der Waals surface area contributed by atoms with Crippen LogP contribution in [0.5, 0.6) is 0 Å². The highest BCUT2D eigenvalue weighted by Gasteiger charge is 2.32. The molecule has 0 aliphatic carbocycles. The summed E-state index contributed by atoms with van der Waals surface area (Å²) in [5.41, 5.74) is 4.26. The molecule has 1 unspecified atom stereocenters. The van der Waals surface area contributed by atoms with E-state index in [4.69, 9.17) is 9.15 Å². The van der Waals surface area contributed by atoms with Crippen LogP contribution in [0.2, 0.25) is 0 Å². The number of carbonyl (C=O) groups is 1. The first-order valence-electron chi connectivity index (χ1n) is 9.88. The second-order valence-corrected chi connectivity index (χ2v) is 9.91. The molecule has 2 aromatic carbocycles. The molecule has 0 radical (unpaired) electrons. The van der Waals surface area contributed by atoms with Gasteiger partial charge in [0.15, 0.2) is 0 Å². The number of fused-ring (bicyclic) bond motifs is 2. The molecule has 1 aromatic heterocycles. The Kier molecular flexibility index (Phi) is 5.13. The standard InChI is InChI=1S/C23H23NO6S/c1-13-7-19-18(11-22(25)30-21(19)8-14(13)2)12-29-23(26)16-5-6-20-17(10-16)9-15(3)24(20)31(4,27)28/h5-8,10-11,15H,9,12H2,1-4H3. The van der Waals surface area contributed by atoms with Crippen molar-refractivity contribution in [2.45, 2.75) is 39.8 Å². The first-order valence-corrected chi connectivity index (χ1v) is 11.7. The summed E-state index contributed by atoms with van der Waals surface area (Å²) in [5.74, 6) is -0.543. The Morgan fingerprint density at radius 3 is 2.58 bits per heavy atom. The second kappa shape index (κ2) is 7.53. The van der Waals surface area contributed by atoms with Crippen LogP contribution in [0.25, 0.3) is 11.0 Å². The highest BCUT2D eigenvalue weighted by atomic mass is 32.2. The van der Waals surface area contributed by atoms with Crippen molar-refractivity contribution in [3.8, 4) is 0 Å². The Morgan fingerprint density at radius 1 is 1.16 bits per heavy atom. The van der Waals surface area contributed by atoms with E-state index in [-0.39, 0.29) is 12.6 Å². The molecule has 7 nitrogen and oxygen atoms in total. The van der Waals surface area contributed by atoms with Gasteiger partial charge in [0.25, 0.3) is 0 Å². The molecule has 0 amide bonds. The molecule has 162 valence electrons. The van der Waals surface area contributed by atoms with E-state index in [1.54, 1.807) is 24.3 Å². The van der Waals surface area contributed by atoms with Gasteiger partial charge < -0.3 is 9.15 Å². The maximum Gasteiger partial charge on any atom is 0.338 e. The average Bonchev–Trinajstić information content (AvgIpc) is 3.02. The molecule has 1 atom stereocenters. The van der Waals surface area contributed by atoms with Gasteiger partial charge in [-0.3, -0.25) is 4.31 Å². The molecule has 0 saturated carbocycles. The first-order chi connectivity index (χ1) is 14.5. The first kappa shape index (κ1) is 21.1. The topological polar surface area (TPSA) is 93.9 Å². The Bertz CT molecular complexity index is 1370. The molecule has 0 fully saturated rings. The predicted molar refractivity (Wildman–Crippen MR) is 118 cm³/mol. The van der Waals surface area contributed by atoms with Crippen molar-refractivity contribution in [1.29, 1.82) is 0 Å². The van der Waals surface area contributed by atoms with Gasteiger partial charge in [0, 0.05) is 23.1 Å². The number of hydrogen-bond donors (Lipinski definition) is 0. The molecular weight excluding hydrogens is 418 g/mol.